The Morgan fingerprint density at radius 3 is 2.39 bits per heavy atom. The Bertz CT molecular complexity index is 1130. The number of rotatable bonds is 6. The molecule has 0 bridgehead atoms. The molecular weight excluding hydrogens is 452 g/mol. The first-order valence-corrected chi connectivity index (χ1v) is 10.2. The van der Waals surface area contributed by atoms with Crippen LogP contribution in [-0.2, 0) is 13.0 Å². The zero-order valence-electron chi connectivity index (χ0n) is 17.0. The second kappa shape index (κ2) is 9.31. The summed E-state index contributed by atoms with van der Waals surface area (Å²) >= 11 is 0. The number of fused-ring (bicyclic) bond motifs is 1. The number of nitrogens with zero attached hydrogens (tertiary/aromatic N) is 2. The fraction of sp³-hybridized carbons (Fsp3) is 0.154. The van der Waals surface area contributed by atoms with Gasteiger partial charge in [0.05, 0.1) is 0 Å². The van der Waals surface area contributed by atoms with E-state index < -0.39 is 6.04 Å². The van der Waals surface area contributed by atoms with E-state index in [1.54, 1.807) is 0 Å². The van der Waals surface area contributed by atoms with Crippen LogP contribution < -0.4 is 26.3 Å². The first kappa shape index (κ1) is 21.1. The Morgan fingerprint density at radius 2 is 1.65 bits per heavy atom. The second-order valence-electron chi connectivity index (χ2n) is 7.65. The van der Waals surface area contributed by atoms with Gasteiger partial charge in [0.1, 0.15) is 30.8 Å². The Kier molecular flexibility index (Phi) is 6.33. The standard InChI is InChI=1S/C26H23N2O2.BrH/c29-26(21-11-5-2-6-12-21)25(20-9-3-1-4-10-20)28-16-15-27(19-28)18-23-17-22-13-7-8-14-24(22)30-23;/h1-16,19,23,25H,17-18H2;1H/q+1;/p-1. The van der Waals surface area contributed by atoms with Gasteiger partial charge in [-0.05, 0) is 11.6 Å². The number of ether oxygens (including phenoxy) is 1. The normalized spacial score (nSPS) is 15.4. The molecule has 0 fully saturated rings. The van der Waals surface area contributed by atoms with Gasteiger partial charge in [-0.25, -0.2) is 9.13 Å². The van der Waals surface area contributed by atoms with Crippen molar-refractivity contribution in [3.63, 3.8) is 0 Å². The van der Waals surface area contributed by atoms with E-state index in [0.29, 0.717) is 5.56 Å². The summed E-state index contributed by atoms with van der Waals surface area (Å²) in [6, 6.07) is 27.2. The van der Waals surface area contributed by atoms with Crippen molar-refractivity contribution < 1.29 is 31.1 Å². The fourth-order valence-corrected chi connectivity index (χ4v) is 4.12. The molecule has 5 heteroatoms. The summed E-state index contributed by atoms with van der Waals surface area (Å²) in [7, 11) is 0. The second-order valence-corrected chi connectivity index (χ2v) is 7.65. The minimum Gasteiger partial charge on any atom is -1.00 e. The zero-order chi connectivity index (χ0) is 20.3. The maximum absolute atomic E-state index is 13.4. The third kappa shape index (κ3) is 4.47. The molecule has 0 aliphatic carbocycles. The van der Waals surface area contributed by atoms with Crippen LogP contribution in [0.5, 0.6) is 5.75 Å². The first-order chi connectivity index (χ1) is 14.8. The molecule has 1 aromatic heterocycles. The number of carbonyl (C=O) groups excluding carboxylic acids is 1. The molecule has 2 atom stereocenters. The molecule has 5 rings (SSSR count). The van der Waals surface area contributed by atoms with Crippen molar-refractivity contribution >= 4 is 5.78 Å². The fourth-order valence-electron chi connectivity index (χ4n) is 4.12. The van der Waals surface area contributed by atoms with Gasteiger partial charge in [-0.3, -0.25) is 4.79 Å². The van der Waals surface area contributed by atoms with Gasteiger partial charge < -0.3 is 21.7 Å². The van der Waals surface area contributed by atoms with Crippen molar-refractivity contribution in [1.29, 1.82) is 0 Å². The lowest BCUT2D eigenvalue weighted by molar-refractivity contribution is -0.702. The SMILES string of the molecule is O=C(c1ccccc1)C(c1ccccc1)n1cc[n+](CC2Cc3ccccc3O2)c1.[Br-]. The number of hydrogen-bond donors (Lipinski definition) is 0. The summed E-state index contributed by atoms with van der Waals surface area (Å²) in [5.41, 5.74) is 2.93. The maximum atomic E-state index is 13.4. The number of Topliss-reactive ketones (excluding diaryl/α,β-unsaturated/α-hetero) is 1. The molecule has 4 nitrogen and oxygen atoms in total. The average molecular weight is 475 g/mol. The van der Waals surface area contributed by atoms with E-state index in [0.717, 1.165) is 24.3 Å². The average Bonchev–Trinajstić information content (AvgIpc) is 3.42. The minimum absolute atomic E-state index is 0. The van der Waals surface area contributed by atoms with E-state index in [1.807, 2.05) is 102 Å². The van der Waals surface area contributed by atoms with Gasteiger partial charge in [0.2, 0.25) is 12.1 Å². The number of imidazole rings is 1. The molecule has 0 amide bonds. The van der Waals surface area contributed by atoms with Crippen LogP contribution in [0.3, 0.4) is 0 Å². The molecule has 31 heavy (non-hydrogen) atoms. The number of ketones is 1. The van der Waals surface area contributed by atoms with Crippen LogP contribution in [-0.4, -0.2) is 16.5 Å². The molecule has 0 radical (unpaired) electrons. The van der Waals surface area contributed by atoms with E-state index >= 15 is 0 Å². The monoisotopic (exact) mass is 474 g/mol. The predicted molar refractivity (Wildman–Crippen MR) is 115 cm³/mol. The summed E-state index contributed by atoms with van der Waals surface area (Å²) in [4.78, 5) is 13.4. The van der Waals surface area contributed by atoms with Gasteiger partial charge in [0, 0.05) is 17.5 Å². The summed E-state index contributed by atoms with van der Waals surface area (Å²) in [5, 5.41) is 0. The van der Waals surface area contributed by atoms with Crippen LogP contribution in [0.25, 0.3) is 0 Å². The van der Waals surface area contributed by atoms with Crippen LogP contribution in [0, 0.1) is 0 Å². The van der Waals surface area contributed by atoms with Crippen molar-refractivity contribution in [1.82, 2.24) is 4.57 Å². The number of hydrogen-bond acceptors (Lipinski definition) is 2. The van der Waals surface area contributed by atoms with Crippen molar-refractivity contribution in [2.24, 2.45) is 0 Å². The smallest absolute Gasteiger partial charge is 0.244 e. The third-order valence-electron chi connectivity index (χ3n) is 5.56. The number of halogens is 1. The van der Waals surface area contributed by atoms with E-state index in [2.05, 4.69) is 10.6 Å². The Hall–Kier alpha value is -3.18. The van der Waals surface area contributed by atoms with E-state index in [-0.39, 0.29) is 28.9 Å². The molecule has 0 spiro atoms. The zero-order valence-corrected chi connectivity index (χ0v) is 18.6. The van der Waals surface area contributed by atoms with Crippen molar-refractivity contribution in [2.75, 3.05) is 0 Å². The highest BCUT2D eigenvalue weighted by Gasteiger charge is 2.30. The molecule has 0 N–H and O–H groups in total. The lowest BCUT2D eigenvalue weighted by atomic mass is 9.97. The van der Waals surface area contributed by atoms with Gasteiger partial charge in [0.15, 0.2) is 6.04 Å². The molecule has 0 saturated carbocycles. The largest absolute Gasteiger partial charge is 1.00 e. The maximum Gasteiger partial charge on any atom is 0.244 e. The summed E-state index contributed by atoms with van der Waals surface area (Å²) in [6.45, 7) is 0.739. The van der Waals surface area contributed by atoms with E-state index in [1.165, 1.54) is 5.56 Å². The van der Waals surface area contributed by atoms with Crippen LogP contribution >= 0.6 is 0 Å². The summed E-state index contributed by atoms with van der Waals surface area (Å²) in [6.07, 6.45) is 6.99. The predicted octanol–water partition coefficient (Wildman–Crippen LogP) is 1.26. The summed E-state index contributed by atoms with van der Waals surface area (Å²) < 4.78 is 10.2. The highest BCUT2D eigenvalue weighted by Crippen LogP contribution is 2.28. The van der Waals surface area contributed by atoms with E-state index in [9.17, 15) is 4.79 Å². The molecule has 2 heterocycles. The van der Waals surface area contributed by atoms with Gasteiger partial charge in [-0.1, -0.05) is 78.9 Å². The molecule has 0 saturated heterocycles. The molecule has 1 aliphatic heterocycles. The topological polar surface area (TPSA) is 35.1 Å². The van der Waals surface area contributed by atoms with Crippen molar-refractivity contribution in [3.8, 4) is 5.75 Å². The minimum atomic E-state index is -0.406. The molecule has 1 aliphatic rings. The van der Waals surface area contributed by atoms with Gasteiger partial charge in [-0.15, -0.1) is 0 Å². The molecule has 4 aromatic rings. The first-order valence-electron chi connectivity index (χ1n) is 10.2. The number of benzene rings is 3. The Labute approximate surface area is 192 Å². The Balaban J connectivity index is 0.00000231. The quantitative estimate of drug-likeness (QED) is 0.311. The van der Waals surface area contributed by atoms with Gasteiger partial charge >= 0.3 is 0 Å². The third-order valence-corrected chi connectivity index (χ3v) is 5.56. The number of para-hydroxylation sites is 1. The number of aromatic nitrogens is 2. The molecule has 2 unspecified atom stereocenters. The number of carbonyl (C=O) groups is 1. The van der Waals surface area contributed by atoms with Gasteiger partial charge in [0.25, 0.3) is 0 Å². The lowest BCUT2D eigenvalue weighted by Gasteiger charge is -2.13. The van der Waals surface area contributed by atoms with Crippen LogP contribution in [0.1, 0.15) is 27.5 Å². The lowest BCUT2D eigenvalue weighted by Crippen LogP contribution is -3.00. The molecular formula is C26H23BrN2O2. The highest BCUT2D eigenvalue weighted by atomic mass is 79.9. The summed E-state index contributed by atoms with van der Waals surface area (Å²) in [5.74, 6) is 1.05. The van der Waals surface area contributed by atoms with Crippen LogP contribution in [0.15, 0.2) is 104 Å². The van der Waals surface area contributed by atoms with Crippen molar-refractivity contribution in [3.05, 3.63) is 120 Å². The van der Waals surface area contributed by atoms with Crippen LogP contribution in [0.2, 0.25) is 0 Å². The molecule has 156 valence electrons. The molecule has 3 aromatic carbocycles. The highest BCUT2D eigenvalue weighted by molar-refractivity contribution is 6.00. The van der Waals surface area contributed by atoms with Crippen LogP contribution in [0.4, 0.5) is 0 Å². The Morgan fingerprint density at radius 1 is 0.968 bits per heavy atom. The van der Waals surface area contributed by atoms with E-state index in [4.69, 9.17) is 4.74 Å². The van der Waals surface area contributed by atoms with Crippen molar-refractivity contribution in [2.45, 2.75) is 25.1 Å². The van der Waals surface area contributed by atoms with Gasteiger partial charge in [-0.2, -0.15) is 0 Å².